The van der Waals surface area contributed by atoms with Crippen molar-refractivity contribution in [2.75, 3.05) is 16.8 Å². The molecule has 0 spiro atoms. The molecular formula is C21H17ClN2O. The molecule has 0 atom stereocenters. The Balaban J connectivity index is 1.66. The molecule has 25 heavy (non-hydrogen) atoms. The number of rotatable bonds is 3. The molecular weight excluding hydrogens is 332 g/mol. The number of para-hydroxylation sites is 2. The van der Waals surface area contributed by atoms with Crippen molar-refractivity contribution >= 4 is 34.6 Å². The molecule has 1 aliphatic heterocycles. The van der Waals surface area contributed by atoms with Crippen molar-refractivity contribution in [3.05, 3.63) is 88.9 Å². The summed E-state index contributed by atoms with van der Waals surface area (Å²) in [6.07, 6.45) is 0.941. The maximum absolute atomic E-state index is 12.5. The number of carbonyl (C=O) groups is 1. The first-order chi connectivity index (χ1) is 12.2. The Morgan fingerprint density at radius 1 is 0.920 bits per heavy atom. The summed E-state index contributed by atoms with van der Waals surface area (Å²) in [5, 5.41) is 3.80. The normalized spacial score (nSPS) is 12.8. The highest BCUT2D eigenvalue weighted by Crippen LogP contribution is 2.39. The van der Waals surface area contributed by atoms with E-state index in [-0.39, 0.29) is 5.91 Å². The first kappa shape index (κ1) is 15.7. The lowest BCUT2D eigenvalue weighted by atomic mass is 10.1. The van der Waals surface area contributed by atoms with Gasteiger partial charge in [0.25, 0.3) is 5.91 Å². The van der Waals surface area contributed by atoms with E-state index in [1.54, 1.807) is 0 Å². The Morgan fingerprint density at radius 3 is 2.52 bits per heavy atom. The fraction of sp³-hybridized carbons (Fsp3) is 0.0952. The van der Waals surface area contributed by atoms with Gasteiger partial charge in [0.05, 0.1) is 11.4 Å². The number of anilines is 3. The van der Waals surface area contributed by atoms with Gasteiger partial charge >= 0.3 is 0 Å². The number of amides is 1. The molecule has 3 nitrogen and oxygen atoms in total. The number of carbonyl (C=O) groups excluding carboxylic acids is 1. The predicted octanol–water partition coefficient (Wildman–Crippen LogP) is 5.29. The first-order valence-corrected chi connectivity index (χ1v) is 8.61. The minimum atomic E-state index is -0.108. The summed E-state index contributed by atoms with van der Waals surface area (Å²) < 4.78 is 0. The van der Waals surface area contributed by atoms with Crippen LogP contribution in [0.15, 0.2) is 72.8 Å². The largest absolute Gasteiger partial charge is 0.339 e. The van der Waals surface area contributed by atoms with Crippen molar-refractivity contribution in [3.8, 4) is 0 Å². The van der Waals surface area contributed by atoms with E-state index in [0.29, 0.717) is 5.56 Å². The highest BCUT2D eigenvalue weighted by molar-refractivity contribution is 6.30. The second-order valence-electron chi connectivity index (χ2n) is 6.01. The number of nitrogens with zero attached hydrogens (tertiary/aromatic N) is 1. The van der Waals surface area contributed by atoms with Crippen LogP contribution in [-0.2, 0) is 6.42 Å². The van der Waals surface area contributed by atoms with Gasteiger partial charge in [-0.05, 0) is 54.4 Å². The predicted molar refractivity (Wildman–Crippen MR) is 103 cm³/mol. The zero-order chi connectivity index (χ0) is 17.2. The van der Waals surface area contributed by atoms with Gasteiger partial charge in [0.15, 0.2) is 0 Å². The fourth-order valence-electron chi connectivity index (χ4n) is 3.22. The molecule has 3 aromatic carbocycles. The average Bonchev–Trinajstić information content (AvgIpc) is 3.05. The Hall–Kier alpha value is -2.78. The first-order valence-electron chi connectivity index (χ1n) is 8.24. The van der Waals surface area contributed by atoms with Crippen molar-refractivity contribution in [2.24, 2.45) is 0 Å². The summed E-state index contributed by atoms with van der Waals surface area (Å²) in [7, 11) is 0. The van der Waals surface area contributed by atoms with E-state index in [4.69, 9.17) is 11.6 Å². The number of halogens is 1. The minimum Gasteiger partial charge on any atom is -0.339 e. The lowest BCUT2D eigenvalue weighted by molar-refractivity contribution is 0.102. The van der Waals surface area contributed by atoms with E-state index in [2.05, 4.69) is 10.2 Å². The number of benzene rings is 3. The number of nitrogens with one attached hydrogen (secondary N) is 1. The summed E-state index contributed by atoms with van der Waals surface area (Å²) in [6, 6.07) is 23.1. The van der Waals surface area contributed by atoms with Crippen molar-refractivity contribution in [1.82, 2.24) is 0 Å². The van der Waals surface area contributed by atoms with E-state index in [1.165, 1.54) is 5.56 Å². The summed E-state index contributed by atoms with van der Waals surface area (Å²) >= 11 is 6.11. The van der Waals surface area contributed by atoms with Crippen molar-refractivity contribution in [3.63, 3.8) is 0 Å². The number of hydrogen-bond donors (Lipinski definition) is 1. The smallest absolute Gasteiger partial charge is 0.255 e. The van der Waals surface area contributed by atoms with E-state index in [9.17, 15) is 4.79 Å². The van der Waals surface area contributed by atoms with Crippen LogP contribution in [0, 0.1) is 0 Å². The molecule has 0 bridgehead atoms. The van der Waals surface area contributed by atoms with Gasteiger partial charge in [0, 0.05) is 22.8 Å². The monoisotopic (exact) mass is 348 g/mol. The lowest BCUT2D eigenvalue weighted by Crippen LogP contribution is -2.18. The number of fused-ring (bicyclic) bond motifs is 1. The Morgan fingerprint density at radius 2 is 1.68 bits per heavy atom. The summed E-state index contributed by atoms with van der Waals surface area (Å²) in [5.74, 6) is -0.108. The molecule has 1 heterocycles. The second-order valence-corrected chi connectivity index (χ2v) is 6.45. The summed E-state index contributed by atoms with van der Waals surface area (Å²) in [5.41, 5.74) is 4.82. The molecule has 0 fully saturated rings. The summed E-state index contributed by atoms with van der Waals surface area (Å²) in [4.78, 5) is 14.8. The van der Waals surface area contributed by atoms with Crippen LogP contribution in [0.3, 0.4) is 0 Å². The van der Waals surface area contributed by atoms with Crippen molar-refractivity contribution in [2.45, 2.75) is 6.42 Å². The van der Waals surface area contributed by atoms with Crippen LogP contribution in [-0.4, -0.2) is 12.5 Å². The lowest BCUT2D eigenvalue weighted by Gasteiger charge is -2.23. The van der Waals surface area contributed by atoms with Gasteiger partial charge in [-0.15, -0.1) is 0 Å². The molecule has 0 radical (unpaired) electrons. The second kappa shape index (κ2) is 6.61. The molecule has 4 heteroatoms. The van der Waals surface area contributed by atoms with Gasteiger partial charge in [-0.1, -0.05) is 41.9 Å². The molecule has 1 aliphatic rings. The highest BCUT2D eigenvalue weighted by atomic mass is 35.5. The van der Waals surface area contributed by atoms with Crippen LogP contribution in [0.4, 0.5) is 17.1 Å². The molecule has 0 aliphatic carbocycles. The third-order valence-corrected chi connectivity index (χ3v) is 4.65. The van der Waals surface area contributed by atoms with Crippen LogP contribution >= 0.6 is 11.6 Å². The molecule has 0 saturated carbocycles. The van der Waals surface area contributed by atoms with Gasteiger partial charge in [-0.25, -0.2) is 0 Å². The van der Waals surface area contributed by atoms with E-state index in [0.717, 1.165) is 35.1 Å². The molecule has 0 saturated heterocycles. The molecule has 1 amide bonds. The molecule has 124 valence electrons. The standard InChI is InChI=1S/C21H17ClN2O/c22-17-10-11-19-16(14-17)12-13-24(19)20-9-5-4-8-18(20)23-21(25)15-6-2-1-3-7-15/h1-11,14H,12-13H2,(H,23,25). The quantitative estimate of drug-likeness (QED) is 0.697. The van der Waals surface area contributed by atoms with Crippen LogP contribution in [0.2, 0.25) is 5.02 Å². The molecule has 0 aromatic heterocycles. The maximum atomic E-state index is 12.5. The van der Waals surface area contributed by atoms with Crippen molar-refractivity contribution in [1.29, 1.82) is 0 Å². The molecule has 3 aromatic rings. The van der Waals surface area contributed by atoms with Crippen LogP contribution in [0.25, 0.3) is 0 Å². The van der Waals surface area contributed by atoms with Gasteiger partial charge in [0.1, 0.15) is 0 Å². The van der Waals surface area contributed by atoms with Crippen LogP contribution in [0.5, 0.6) is 0 Å². The van der Waals surface area contributed by atoms with Gasteiger partial charge < -0.3 is 10.2 Å². The van der Waals surface area contributed by atoms with E-state index in [1.807, 2.05) is 72.8 Å². The van der Waals surface area contributed by atoms with Gasteiger partial charge in [-0.2, -0.15) is 0 Å². The van der Waals surface area contributed by atoms with Crippen LogP contribution in [0.1, 0.15) is 15.9 Å². The van der Waals surface area contributed by atoms with Crippen molar-refractivity contribution < 1.29 is 4.79 Å². The zero-order valence-electron chi connectivity index (χ0n) is 13.6. The van der Waals surface area contributed by atoms with E-state index >= 15 is 0 Å². The van der Waals surface area contributed by atoms with Gasteiger partial charge in [0.2, 0.25) is 0 Å². The Kier molecular flexibility index (Phi) is 4.16. The fourth-order valence-corrected chi connectivity index (χ4v) is 3.41. The number of hydrogen-bond acceptors (Lipinski definition) is 2. The third kappa shape index (κ3) is 3.11. The highest BCUT2D eigenvalue weighted by Gasteiger charge is 2.23. The maximum Gasteiger partial charge on any atom is 0.255 e. The topological polar surface area (TPSA) is 32.3 Å². The average molecular weight is 349 g/mol. The molecule has 1 N–H and O–H groups in total. The molecule has 0 unspecified atom stereocenters. The SMILES string of the molecule is O=C(Nc1ccccc1N1CCc2cc(Cl)ccc21)c1ccccc1. The van der Waals surface area contributed by atoms with Crippen LogP contribution < -0.4 is 10.2 Å². The third-order valence-electron chi connectivity index (χ3n) is 4.42. The summed E-state index contributed by atoms with van der Waals surface area (Å²) in [6.45, 7) is 0.869. The minimum absolute atomic E-state index is 0.108. The van der Waals surface area contributed by atoms with Gasteiger partial charge in [-0.3, -0.25) is 4.79 Å². The van der Waals surface area contributed by atoms with E-state index < -0.39 is 0 Å². The zero-order valence-corrected chi connectivity index (χ0v) is 14.3. The molecule has 4 rings (SSSR count). The Bertz CT molecular complexity index is 924. The Labute approximate surface area is 151 Å².